The molecule has 0 radical (unpaired) electrons. The highest BCUT2D eigenvalue weighted by atomic mass is 16.5. The van der Waals surface area contributed by atoms with Gasteiger partial charge in [0.25, 0.3) is 0 Å². The van der Waals surface area contributed by atoms with Crippen LogP contribution in [0.4, 0.5) is 0 Å². The number of hydrogen-bond acceptors (Lipinski definition) is 4. The molecular weight excluding hydrogens is 326 g/mol. The Kier molecular flexibility index (Phi) is 9.93. The number of aliphatic hydroxyl groups excluding tert-OH is 1. The summed E-state index contributed by atoms with van der Waals surface area (Å²) in [6, 6.07) is 6.84. The van der Waals surface area contributed by atoms with Crippen molar-refractivity contribution in [2.45, 2.75) is 57.0 Å². The molecule has 26 heavy (non-hydrogen) atoms. The van der Waals surface area contributed by atoms with Gasteiger partial charge in [0.1, 0.15) is 0 Å². The Balaban J connectivity index is 1.81. The number of rotatable bonds is 13. The SMILES string of the molecule is C=CCCOCCO[C@H]1CCc2cc([C@H](CN)CCCCO)ccc2C1. The fourth-order valence-electron chi connectivity index (χ4n) is 3.60. The van der Waals surface area contributed by atoms with Crippen molar-refractivity contribution in [1.29, 1.82) is 0 Å². The minimum absolute atomic E-state index is 0.266. The van der Waals surface area contributed by atoms with E-state index in [1.807, 2.05) is 6.08 Å². The molecule has 0 heterocycles. The lowest BCUT2D eigenvalue weighted by Crippen LogP contribution is -2.24. The minimum atomic E-state index is 0.266. The molecule has 0 aliphatic heterocycles. The molecule has 1 aliphatic carbocycles. The van der Waals surface area contributed by atoms with Gasteiger partial charge in [-0.1, -0.05) is 30.7 Å². The third-order valence-electron chi connectivity index (χ3n) is 5.18. The Morgan fingerprint density at radius 2 is 2.12 bits per heavy atom. The average molecular weight is 362 g/mol. The van der Waals surface area contributed by atoms with Crippen LogP contribution in [0.5, 0.6) is 0 Å². The molecular formula is C22H35NO3. The lowest BCUT2D eigenvalue weighted by atomic mass is 9.85. The van der Waals surface area contributed by atoms with Gasteiger partial charge >= 0.3 is 0 Å². The summed E-state index contributed by atoms with van der Waals surface area (Å²) in [5, 5.41) is 8.97. The Morgan fingerprint density at radius 3 is 2.88 bits per heavy atom. The van der Waals surface area contributed by atoms with Gasteiger partial charge in [-0.3, -0.25) is 0 Å². The van der Waals surface area contributed by atoms with E-state index in [0.717, 1.165) is 51.6 Å². The summed E-state index contributed by atoms with van der Waals surface area (Å²) in [5.41, 5.74) is 10.2. The molecule has 0 bridgehead atoms. The average Bonchev–Trinajstić information content (AvgIpc) is 2.67. The summed E-state index contributed by atoms with van der Waals surface area (Å²) in [6.45, 7) is 6.66. The topological polar surface area (TPSA) is 64.7 Å². The molecule has 1 aromatic rings. The zero-order valence-electron chi connectivity index (χ0n) is 16.0. The Morgan fingerprint density at radius 1 is 1.23 bits per heavy atom. The van der Waals surface area contributed by atoms with Gasteiger partial charge in [0.2, 0.25) is 0 Å². The zero-order valence-corrected chi connectivity index (χ0v) is 16.0. The van der Waals surface area contributed by atoms with E-state index in [1.54, 1.807) is 0 Å². The first-order valence-corrected chi connectivity index (χ1v) is 10.0. The van der Waals surface area contributed by atoms with E-state index in [1.165, 1.54) is 16.7 Å². The van der Waals surface area contributed by atoms with Crippen molar-refractivity contribution in [3.8, 4) is 0 Å². The maximum absolute atomic E-state index is 8.97. The van der Waals surface area contributed by atoms with Gasteiger partial charge in [-0.25, -0.2) is 0 Å². The van der Waals surface area contributed by atoms with Crippen LogP contribution < -0.4 is 5.73 Å². The number of aliphatic hydroxyl groups is 1. The summed E-state index contributed by atoms with van der Waals surface area (Å²) in [5.74, 6) is 0.397. The van der Waals surface area contributed by atoms with Crippen molar-refractivity contribution < 1.29 is 14.6 Å². The monoisotopic (exact) mass is 361 g/mol. The second-order valence-corrected chi connectivity index (χ2v) is 7.11. The Hall–Kier alpha value is -1.20. The van der Waals surface area contributed by atoms with Gasteiger partial charge in [0.15, 0.2) is 0 Å². The standard InChI is InChI=1S/C22H35NO3/c1-2-3-12-25-13-14-26-22-10-9-18-15-19(7-8-20(18)16-22)21(17-23)6-4-5-11-24/h2,7-8,15,21-22,24H,1,3-6,9-14,16-17,23H2/t21-,22-/m0/s1. The molecule has 0 saturated carbocycles. The van der Waals surface area contributed by atoms with Crippen LogP contribution >= 0.6 is 0 Å². The first kappa shape index (κ1) is 21.1. The molecule has 4 heteroatoms. The maximum atomic E-state index is 8.97. The van der Waals surface area contributed by atoms with E-state index in [9.17, 15) is 0 Å². The number of benzene rings is 1. The van der Waals surface area contributed by atoms with E-state index in [0.29, 0.717) is 31.8 Å². The second kappa shape index (κ2) is 12.2. The highest BCUT2D eigenvalue weighted by Gasteiger charge is 2.20. The number of fused-ring (bicyclic) bond motifs is 1. The van der Waals surface area contributed by atoms with Crippen LogP contribution in [0.15, 0.2) is 30.9 Å². The molecule has 1 aromatic carbocycles. The minimum Gasteiger partial charge on any atom is -0.396 e. The predicted molar refractivity (Wildman–Crippen MR) is 107 cm³/mol. The maximum Gasteiger partial charge on any atom is 0.0704 e. The van der Waals surface area contributed by atoms with Crippen LogP contribution in [0.1, 0.15) is 54.7 Å². The lowest BCUT2D eigenvalue weighted by molar-refractivity contribution is 0.000427. The van der Waals surface area contributed by atoms with Crippen LogP contribution in [0.25, 0.3) is 0 Å². The molecule has 0 unspecified atom stereocenters. The third kappa shape index (κ3) is 6.84. The molecule has 0 fully saturated rings. The highest BCUT2D eigenvalue weighted by Crippen LogP contribution is 2.28. The van der Waals surface area contributed by atoms with Crippen molar-refractivity contribution in [3.05, 3.63) is 47.5 Å². The highest BCUT2D eigenvalue weighted by molar-refractivity contribution is 5.36. The number of unbranched alkanes of at least 4 members (excludes halogenated alkanes) is 1. The Bertz CT molecular complexity index is 532. The fourth-order valence-corrected chi connectivity index (χ4v) is 3.60. The van der Waals surface area contributed by atoms with Crippen molar-refractivity contribution in [3.63, 3.8) is 0 Å². The van der Waals surface area contributed by atoms with Crippen molar-refractivity contribution in [2.24, 2.45) is 5.73 Å². The van der Waals surface area contributed by atoms with Crippen LogP contribution in [0.3, 0.4) is 0 Å². The summed E-state index contributed by atoms with van der Waals surface area (Å²) in [6.07, 6.45) is 9.12. The van der Waals surface area contributed by atoms with Gasteiger partial charge in [0, 0.05) is 6.61 Å². The molecule has 0 amide bonds. The van der Waals surface area contributed by atoms with Gasteiger partial charge in [0.05, 0.1) is 25.9 Å². The largest absolute Gasteiger partial charge is 0.396 e. The van der Waals surface area contributed by atoms with Crippen molar-refractivity contribution in [2.75, 3.05) is 33.0 Å². The number of aryl methyl sites for hydroxylation is 1. The van der Waals surface area contributed by atoms with Crippen LogP contribution in [-0.4, -0.2) is 44.2 Å². The third-order valence-corrected chi connectivity index (χ3v) is 5.18. The summed E-state index contributed by atoms with van der Waals surface area (Å²) < 4.78 is 11.5. The normalized spacial score (nSPS) is 17.7. The van der Waals surface area contributed by atoms with Crippen molar-refractivity contribution >= 4 is 0 Å². The molecule has 4 nitrogen and oxygen atoms in total. The van der Waals surface area contributed by atoms with Gasteiger partial charge in [-0.2, -0.15) is 0 Å². The second-order valence-electron chi connectivity index (χ2n) is 7.11. The molecule has 2 rings (SSSR count). The number of ether oxygens (including phenoxy) is 2. The van der Waals surface area contributed by atoms with Gasteiger partial charge < -0.3 is 20.3 Å². The van der Waals surface area contributed by atoms with Crippen LogP contribution in [-0.2, 0) is 22.3 Å². The molecule has 0 aromatic heterocycles. The lowest BCUT2D eigenvalue weighted by Gasteiger charge is -2.26. The molecule has 0 saturated heterocycles. The molecule has 0 spiro atoms. The first-order chi connectivity index (χ1) is 12.8. The van der Waals surface area contributed by atoms with Gasteiger partial charge in [-0.05, 0) is 67.7 Å². The molecule has 1 aliphatic rings. The number of nitrogens with two attached hydrogens (primary N) is 1. The number of hydrogen-bond donors (Lipinski definition) is 2. The first-order valence-electron chi connectivity index (χ1n) is 10.0. The summed E-state index contributed by atoms with van der Waals surface area (Å²) >= 11 is 0. The fraction of sp³-hybridized carbons (Fsp3) is 0.636. The Labute approximate surface area is 158 Å². The molecule has 146 valence electrons. The van der Waals surface area contributed by atoms with Crippen molar-refractivity contribution in [1.82, 2.24) is 0 Å². The summed E-state index contributed by atoms with van der Waals surface area (Å²) in [4.78, 5) is 0. The van der Waals surface area contributed by atoms with Crippen LogP contribution in [0.2, 0.25) is 0 Å². The van der Waals surface area contributed by atoms with E-state index in [4.69, 9.17) is 20.3 Å². The summed E-state index contributed by atoms with van der Waals surface area (Å²) in [7, 11) is 0. The van der Waals surface area contributed by atoms with Gasteiger partial charge in [-0.15, -0.1) is 6.58 Å². The van der Waals surface area contributed by atoms with E-state index >= 15 is 0 Å². The van der Waals surface area contributed by atoms with E-state index < -0.39 is 0 Å². The van der Waals surface area contributed by atoms with Crippen LogP contribution in [0, 0.1) is 0 Å². The predicted octanol–water partition coefficient (Wildman–Crippen LogP) is 3.36. The molecule has 2 atom stereocenters. The van der Waals surface area contributed by atoms with E-state index in [-0.39, 0.29) is 6.61 Å². The quantitative estimate of drug-likeness (QED) is 0.418. The molecule has 3 N–H and O–H groups in total. The zero-order chi connectivity index (χ0) is 18.6. The van der Waals surface area contributed by atoms with E-state index in [2.05, 4.69) is 24.8 Å². The smallest absolute Gasteiger partial charge is 0.0704 e.